The first-order valence-electron chi connectivity index (χ1n) is 6.94. The Labute approximate surface area is 143 Å². The summed E-state index contributed by atoms with van der Waals surface area (Å²) in [6.07, 6.45) is 0.845. The summed E-state index contributed by atoms with van der Waals surface area (Å²) in [6.45, 7) is 6.57. The van der Waals surface area contributed by atoms with Gasteiger partial charge in [-0.1, -0.05) is 32.9 Å². The Morgan fingerprint density at radius 1 is 1.33 bits per heavy atom. The van der Waals surface area contributed by atoms with Gasteiger partial charge in [-0.3, -0.25) is 0 Å². The molecular weight excluding hydrogens is 364 g/mol. The van der Waals surface area contributed by atoms with Crippen LogP contribution in [0.5, 0.6) is 0 Å². The first-order valence-corrected chi connectivity index (χ1v) is 9.60. The predicted molar refractivity (Wildman–Crippen MR) is 97.4 cm³/mol. The van der Waals surface area contributed by atoms with Crippen molar-refractivity contribution in [2.24, 2.45) is 5.73 Å². The molecular formula is C16H21BrN2S2. The largest absolute Gasteiger partial charge is 0.327 e. The van der Waals surface area contributed by atoms with Gasteiger partial charge < -0.3 is 5.73 Å². The Morgan fingerprint density at radius 3 is 2.67 bits per heavy atom. The molecule has 2 N–H and O–H groups in total. The third kappa shape index (κ3) is 5.09. The maximum atomic E-state index is 6.25. The number of halogens is 1. The van der Waals surface area contributed by atoms with Crippen molar-refractivity contribution in [3.05, 3.63) is 44.8 Å². The minimum Gasteiger partial charge on any atom is -0.327 e. The van der Waals surface area contributed by atoms with Gasteiger partial charge in [0.25, 0.3) is 0 Å². The molecule has 0 amide bonds. The summed E-state index contributed by atoms with van der Waals surface area (Å²) in [7, 11) is 0. The summed E-state index contributed by atoms with van der Waals surface area (Å²) in [4.78, 5) is 5.95. The first-order chi connectivity index (χ1) is 9.86. The van der Waals surface area contributed by atoms with E-state index in [9.17, 15) is 0 Å². The predicted octanol–water partition coefficient (Wildman–Crippen LogP) is 4.87. The highest BCUT2D eigenvalue weighted by Crippen LogP contribution is 2.28. The lowest BCUT2D eigenvalue weighted by molar-refractivity contribution is 0.569. The van der Waals surface area contributed by atoms with E-state index in [-0.39, 0.29) is 11.5 Å². The molecule has 0 fully saturated rings. The van der Waals surface area contributed by atoms with E-state index in [4.69, 9.17) is 10.7 Å². The van der Waals surface area contributed by atoms with E-state index in [0.717, 1.165) is 27.3 Å². The summed E-state index contributed by atoms with van der Waals surface area (Å²) < 4.78 is 1.13. The van der Waals surface area contributed by atoms with Gasteiger partial charge >= 0.3 is 0 Å². The zero-order valence-corrected chi connectivity index (χ0v) is 15.8. The Bertz CT molecular complexity index is 590. The molecule has 0 bridgehead atoms. The van der Waals surface area contributed by atoms with Gasteiger partial charge in [-0.2, -0.15) is 0 Å². The maximum absolute atomic E-state index is 6.25. The van der Waals surface area contributed by atoms with Gasteiger partial charge in [0.2, 0.25) is 0 Å². The number of hydrogen-bond donors (Lipinski definition) is 1. The van der Waals surface area contributed by atoms with E-state index in [1.807, 2.05) is 6.07 Å². The molecule has 5 heteroatoms. The van der Waals surface area contributed by atoms with Crippen LogP contribution in [0.3, 0.4) is 0 Å². The summed E-state index contributed by atoms with van der Waals surface area (Å²) in [5.41, 5.74) is 7.53. The number of rotatable bonds is 5. The second-order valence-electron chi connectivity index (χ2n) is 6.08. The number of thioether (sulfide) groups is 1. The van der Waals surface area contributed by atoms with Gasteiger partial charge in [-0.25, -0.2) is 4.98 Å². The number of thiazole rings is 1. The van der Waals surface area contributed by atoms with Crippen molar-refractivity contribution in [1.29, 1.82) is 0 Å². The molecule has 0 aliphatic carbocycles. The second-order valence-corrected chi connectivity index (χ2v) is 8.94. The van der Waals surface area contributed by atoms with E-state index in [1.54, 1.807) is 23.1 Å². The molecule has 0 radical (unpaired) electrons. The molecule has 0 aliphatic rings. The Balaban J connectivity index is 1.89. The molecule has 21 heavy (non-hydrogen) atoms. The lowest BCUT2D eigenvalue weighted by atomic mass is 9.93. The highest BCUT2D eigenvalue weighted by Gasteiger charge is 2.18. The smallest absolute Gasteiger partial charge is 0.0944 e. The average Bonchev–Trinajstić information content (AvgIpc) is 2.86. The van der Waals surface area contributed by atoms with Crippen molar-refractivity contribution in [1.82, 2.24) is 4.98 Å². The van der Waals surface area contributed by atoms with E-state index < -0.39 is 0 Å². The zero-order valence-electron chi connectivity index (χ0n) is 12.6. The van der Waals surface area contributed by atoms with Crippen LogP contribution in [0, 0.1) is 0 Å². The quantitative estimate of drug-likeness (QED) is 0.747. The van der Waals surface area contributed by atoms with Gasteiger partial charge in [0.1, 0.15) is 0 Å². The molecule has 0 spiro atoms. The molecule has 1 aromatic heterocycles. The van der Waals surface area contributed by atoms with Crippen molar-refractivity contribution in [3.63, 3.8) is 0 Å². The third-order valence-electron chi connectivity index (χ3n) is 3.05. The maximum Gasteiger partial charge on any atom is 0.0944 e. The number of nitrogens with two attached hydrogens (primary N) is 1. The van der Waals surface area contributed by atoms with Crippen molar-refractivity contribution >= 4 is 39.0 Å². The molecule has 1 aromatic carbocycles. The fraction of sp³-hybridized carbons (Fsp3) is 0.438. The summed E-state index contributed by atoms with van der Waals surface area (Å²) in [6, 6.07) is 8.38. The number of hydrogen-bond acceptors (Lipinski definition) is 4. The number of benzene rings is 1. The fourth-order valence-electron chi connectivity index (χ4n) is 1.79. The minimum absolute atomic E-state index is 0.114. The Hall–Kier alpha value is -0.360. The topological polar surface area (TPSA) is 38.9 Å². The standard InChI is InChI=1S/C16H21BrN2S2/c1-16(2,3)14-10-21-15(19-14)8-11(18)9-20-13-7-5-4-6-12(13)17/h4-7,10-11H,8-9,18H2,1-3H3. The van der Waals surface area contributed by atoms with Gasteiger partial charge in [0, 0.05) is 38.4 Å². The van der Waals surface area contributed by atoms with Crippen LogP contribution in [0.25, 0.3) is 0 Å². The number of aromatic nitrogens is 1. The molecule has 0 aliphatic heterocycles. The third-order valence-corrected chi connectivity index (χ3v) is 6.13. The monoisotopic (exact) mass is 384 g/mol. The molecule has 114 valence electrons. The Morgan fingerprint density at radius 2 is 2.05 bits per heavy atom. The van der Waals surface area contributed by atoms with Crippen molar-refractivity contribution in [2.75, 3.05) is 5.75 Å². The number of nitrogens with zero attached hydrogens (tertiary/aromatic N) is 1. The van der Waals surface area contributed by atoms with Crippen LogP contribution < -0.4 is 5.73 Å². The van der Waals surface area contributed by atoms with Gasteiger partial charge in [0.05, 0.1) is 10.7 Å². The zero-order chi connectivity index (χ0) is 15.5. The van der Waals surface area contributed by atoms with Crippen LogP contribution in [0.2, 0.25) is 0 Å². The van der Waals surface area contributed by atoms with Crippen LogP contribution in [0.1, 0.15) is 31.5 Å². The van der Waals surface area contributed by atoms with E-state index in [0.29, 0.717) is 0 Å². The second kappa shape index (κ2) is 7.27. The molecule has 2 rings (SSSR count). The highest BCUT2D eigenvalue weighted by molar-refractivity contribution is 9.10. The molecule has 2 aromatic rings. The fourth-order valence-corrected chi connectivity index (χ4v) is 4.43. The summed E-state index contributed by atoms with van der Waals surface area (Å²) in [5.74, 6) is 0.896. The first kappa shape index (κ1) is 17.0. The van der Waals surface area contributed by atoms with Crippen LogP contribution in [0.4, 0.5) is 0 Å². The minimum atomic E-state index is 0.114. The van der Waals surface area contributed by atoms with Crippen molar-refractivity contribution in [3.8, 4) is 0 Å². The SMILES string of the molecule is CC(C)(C)c1csc(CC(N)CSc2ccccc2Br)n1. The molecule has 2 nitrogen and oxygen atoms in total. The summed E-state index contributed by atoms with van der Waals surface area (Å²) in [5, 5.41) is 3.29. The van der Waals surface area contributed by atoms with Crippen LogP contribution >= 0.6 is 39.0 Å². The van der Waals surface area contributed by atoms with Gasteiger partial charge in [-0.05, 0) is 28.1 Å². The molecule has 1 unspecified atom stereocenters. The van der Waals surface area contributed by atoms with Crippen LogP contribution in [0.15, 0.2) is 39.0 Å². The van der Waals surface area contributed by atoms with Crippen molar-refractivity contribution < 1.29 is 0 Å². The van der Waals surface area contributed by atoms with Crippen molar-refractivity contribution in [2.45, 2.75) is 43.5 Å². The van der Waals surface area contributed by atoms with Gasteiger partial charge in [-0.15, -0.1) is 23.1 Å². The van der Waals surface area contributed by atoms with Gasteiger partial charge in [0.15, 0.2) is 0 Å². The van der Waals surface area contributed by atoms with Crippen LogP contribution in [-0.4, -0.2) is 16.8 Å². The highest BCUT2D eigenvalue weighted by atomic mass is 79.9. The van der Waals surface area contributed by atoms with E-state index in [1.165, 1.54) is 4.90 Å². The van der Waals surface area contributed by atoms with E-state index >= 15 is 0 Å². The molecule has 1 atom stereocenters. The summed E-state index contributed by atoms with van der Waals surface area (Å²) >= 11 is 7.08. The average molecular weight is 385 g/mol. The van der Waals surface area contributed by atoms with Crippen LogP contribution in [-0.2, 0) is 11.8 Å². The molecule has 0 saturated heterocycles. The van der Waals surface area contributed by atoms with E-state index in [2.05, 4.69) is 60.3 Å². The Kier molecular flexibility index (Phi) is 5.88. The molecule has 0 saturated carbocycles. The normalized spacial score (nSPS) is 13.4. The molecule has 1 heterocycles. The lowest BCUT2D eigenvalue weighted by Crippen LogP contribution is -2.25. The lowest BCUT2D eigenvalue weighted by Gasteiger charge is -2.14.